The maximum absolute atomic E-state index is 12.5. The van der Waals surface area contributed by atoms with E-state index in [1.54, 1.807) is 19.2 Å². The van der Waals surface area contributed by atoms with Crippen LogP contribution in [0, 0.1) is 0 Å². The highest BCUT2D eigenvalue weighted by molar-refractivity contribution is 6.42. The Hall–Kier alpha value is -1.79. The minimum Gasteiger partial charge on any atom is -0.497 e. The minimum atomic E-state index is -0.0508. The van der Waals surface area contributed by atoms with Crippen molar-refractivity contribution in [3.8, 4) is 5.75 Å². The van der Waals surface area contributed by atoms with Crippen molar-refractivity contribution in [1.29, 1.82) is 0 Å². The van der Waals surface area contributed by atoms with E-state index in [9.17, 15) is 4.79 Å². The lowest BCUT2D eigenvalue weighted by Gasteiger charge is -2.35. The van der Waals surface area contributed by atoms with E-state index in [1.807, 2.05) is 30.3 Å². The van der Waals surface area contributed by atoms with E-state index < -0.39 is 0 Å². The molecule has 0 saturated carbocycles. The Morgan fingerprint density at radius 3 is 2.50 bits per heavy atom. The molecule has 0 aromatic heterocycles. The quantitative estimate of drug-likeness (QED) is 0.738. The number of benzene rings is 2. The van der Waals surface area contributed by atoms with Crippen molar-refractivity contribution in [3.63, 3.8) is 0 Å². The van der Waals surface area contributed by atoms with Gasteiger partial charge in [0.2, 0.25) is 5.91 Å². The molecule has 5 nitrogen and oxygen atoms in total. The van der Waals surface area contributed by atoms with Crippen molar-refractivity contribution in [2.45, 2.75) is 12.5 Å². The fourth-order valence-electron chi connectivity index (χ4n) is 3.28. The Labute approximate surface area is 175 Å². The highest BCUT2D eigenvalue weighted by Crippen LogP contribution is 2.24. The zero-order valence-corrected chi connectivity index (χ0v) is 17.3. The van der Waals surface area contributed by atoms with E-state index in [2.05, 4.69) is 10.2 Å². The third kappa shape index (κ3) is 5.61. The van der Waals surface area contributed by atoms with Gasteiger partial charge in [-0.2, -0.15) is 0 Å². The lowest BCUT2D eigenvalue weighted by Crippen LogP contribution is -2.44. The average molecular weight is 423 g/mol. The first-order valence-electron chi connectivity index (χ1n) is 9.23. The fourth-order valence-corrected chi connectivity index (χ4v) is 3.60. The lowest BCUT2D eigenvalue weighted by atomic mass is 10.0. The van der Waals surface area contributed by atoms with Crippen molar-refractivity contribution in [3.05, 3.63) is 63.6 Å². The number of hydrogen-bond acceptors (Lipinski definition) is 4. The van der Waals surface area contributed by atoms with Gasteiger partial charge in [0.1, 0.15) is 5.75 Å². The van der Waals surface area contributed by atoms with Gasteiger partial charge in [-0.25, -0.2) is 0 Å². The van der Waals surface area contributed by atoms with Gasteiger partial charge in [0.15, 0.2) is 0 Å². The Bertz CT molecular complexity index is 793. The molecule has 1 aliphatic heterocycles. The van der Waals surface area contributed by atoms with Gasteiger partial charge in [0.05, 0.1) is 42.8 Å². The number of hydrogen-bond donors (Lipinski definition) is 1. The van der Waals surface area contributed by atoms with Crippen molar-refractivity contribution in [2.24, 2.45) is 0 Å². The number of morpholine rings is 1. The molecule has 1 fully saturated rings. The fraction of sp³-hybridized carbons (Fsp3) is 0.381. The lowest BCUT2D eigenvalue weighted by molar-refractivity contribution is -0.120. The number of halogens is 2. The number of nitrogens with zero attached hydrogens (tertiary/aromatic N) is 1. The summed E-state index contributed by atoms with van der Waals surface area (Å²) in [6.07, 6.45) is 0.259. The van der Waals surface area contributed by atoms with E-state index in [1.165, 1.54) is 0 Å². The summed E-state index contributed by atoms with van der Waals surface area (Å²) in [6, 6.07) is 13.3. The van der Waals surface area contributed by atoms with Crippen LogP contribution >= 0.6 is 23.2 Å². The second-order valence-corrected chi connectivity index (χ2v) is 7.48. The molecular formula is C21H24Cl2N2O3. The Kier molecular flexibility index (Phi) is 7.57. The van der Waals surface area contributed by atoms with Crippen LogP contribution in [0.25, 0.3) is 0 Å². The maximum Gasteiger partial charge on any atom is 0.224 e. The molecule has 1 atom stereocenters. The van der Waals surface area contributed by atoms with Crippen LogP contribution in [0.1, 0.15) is 17.2 Å². The molecule has 1 N–H and O–H groups in total. The second-order valence-electron chi connectivity index (χ2n) is 6.67. The molecule has 28 heavy (non-hydrogen) atoms. The highest BCUT2D eigenvalue weighted by Gasteiger charge is 2.23. The molecule has 150 valence electrons. The molecule has 2 aromatic carbocycles. The van der Waals surface area contributed by atoms with Crippen LogP contribution < -0.4 is 10.1 Å². The standard InChI is InChI=1S/C21H24Cl2N2O3/c1-27-17-5-3-16(4-6-17)20(25-8-10-28-11-9-25)14-24-21(26)13-15-2-7-18(22)19(23)12-15/h2-7,12,20H,8-11,13-14H2,1H3,(H,24,26). The Morgan fingerprint density at radius 1 is 1.14 bits per heavy atom. The van der Waals surface area contributed by atoms with Gasteiger partial charge in [0, 0.05) is 19.6 Å². The largest absolute Gasteiger partial charge is 0.497 e. The maximum atomic E-state index is 12.5. The normalized spacial score (nSPS) is 15.8. The molecule has 1 saturated heterocycles. The summed E-state index contributed by atoms with van der Waals surface area (Å²) in [5, 5.41) is 4.00. The zero-order valence-electron chi connectivity index (χ0n) is 15.8. The number of carbonyl (C=O) groups excluding carboxylic acids is 1. The first kappa shape index (κ1) is 20.9. The molecule has 2 aromatic rings. The van der Waals surface area contributed by atoms with E-state index >= 15 is 0 Å². The minimum absolute atomic E-state index is 0.0508. The topological polar surface area (TPSA) is 50.8 Å². The van der Waals surface area contributed by atoms with E-state index in [0.29, 0.717) is 29.8 Å². The van der Waals surface area contributed by atoms with Gasteiger partial charge in [-0.05, 0) is 35.4 Å². The molecular weight excluding hydrogens is 399 g/mol. The van der Waals surface area contributed by atoms with Crippen LogP contribution in [0.5, 0.6) is 5.75 Å². The van der Waals surface area contributed by atoms with E-state index in [-0.39, 0.29) is 18.4 Å². The van der Waals surface area contributed by atoms with Crippen molar-refractivity contribution >= 4 is 29.1 Å². The summed E-state index contributed by atoms with van der Waals surface area (Å²) < 4.78 is 10.7. The molecule has 0 radical (unpaired) electrons. The zero-order chi connectivity index (χ0) is 19.9. The molecule has 1 heterocycles. The van der Waals surface area contributed by atoms with Crippen molar-refractivity contribution in [2.75, 3.05) is 40.0 Å². The molecule has 1 aliphatic rings. The van der Waals surface area contributed by atoms with Crippen LogP contribution in [0.2, 0.25) is 10.0 Å². The molecule has 7 heteroatoms. The number of rotatable bonds is 7. The summed E-state index contributed by atoms with van der Waals surface area (Å²) in [5.41, 5.74) is 1.97. The van der Waals surface area contributed by atoms with Gasteiger partial charge >= 0.3 is 0 Å². The number of amides is 1. The monoisotopic (exact) mass is 422 g/mol. The summed E-state index contributed by atoms with van der Waals surface area (Å²) in [5.74, 6) is 0.762. The molecule has 0 spiro atoms. The molecule has 3 rings (SSSR count). The van der Waals surface area contributed by atoms with Gasteiger partial charge in [0.25, 0.3) is 0 Å². The summed E-state index contributed by atoms with van der Waals surface area (Å²) in [4.78, 5) is 14.8. The molecule has 1 unspecified atom stereocenters. The second kappa shape index (κ2) is 10.1. The van der Waals surface area contributed by atoms with Crippen LogP contribution in [0.15, 0.2) is 42.5 Å². The predicted octanol–water partition coefficient (Wildman–Crippen LogP) is 3.73. The number of carbonyl (C=O) groups is 1. The van der Waals surface area contributed by atoms with Crippen LogP contribution in [-0.2, 0) is 16.0 Å². The van der Waals surface area contributed by atoms with E-state index in [0.717, 1.165) is 30.0 Å². The van der Waals surface area contributed by atoms with Crippen molar-refractivity contribution in [1.82, 2.24) is 10.2 Å². The molecule has 1 amide bonds. The van der Waals surface area contributed by atoms with Gasteiger partial charge < -0.3 is 14.8 Å². The van der Waals surface area contributed by atoms with Gasteiger partial charge in [-0.15, -0.1) is 0 Å². The Morgan fingerprint density at radius 2 is 1.86 bits per heavy atom. The van der Waals surface area contributed by atoms with Crippen LogP contribution in [0.3, 0.4) is 0 Å². The summed E-state index contributed by atoms with van der Waals surface area (Å²) in [7, 11) is 1.65. The molecule has 0 aliphatic carbocycles. The number of nitrogens with one attached hydrogen (secondary N) is 1. The highest BCUT2D eigenvalue weighted by atomic mass is 35.5. The van der Waals surface area contributed by atoms with Crippen LogP contribution in [-0.4, -0.2) is 50.8 Å². The van der Waals surface area contributed by atoms with Gasteiger partial charge in [-0.1, -0.05) is 41.4 Å². The first-order valence-corrected chi connectivity index (χ1v) is 9.99. The summed E-state index contributed by atoms with van der Waals surface area (Å²) in [6.45, 7) is 3.58. The predicted molar refractivity (Wildman–Crippen MR) is 111 cm³/mol. The van der Waals surface area contributed by atoms with E-state index in [4.69, 9.17) is 32.7 Å². The number of ether oxygens (including phenoxy) is 2. The first-order chi connectivity index (χ1) is 13.6. The van der Waals surface area contributed by atoms with Crippen molar-refractivity contribution < 1.29 is 14.3 Å². The third-order valence-corrected chi connectivity index (χ3v) is 5.57. The summed E-state index contributed by atoms with van der Waals surface area (Å²) >= 11 is 12.0. The van der Waals surface area contributed by atoms with Crippen LogP contribution in [0.4, 0.5) is 0 Å². The van der Waals surface area contributed by atoms with Gasteiger partial charge in [-0.3, -0.25) is 9.69 Å². The SMILES string of the molecule is COc1ccc(C(CNC(=O)Cc2ccc(Cl)c(Cl)c2)N2CCOCC2)cc1. The average Bonchev–Trinajstić information content (AvgIpc) is 2.72. The Balaban J connectivity index is 1.66. The molecule has 0 bridgehead atoms. The number of methoxy groups -OCH3 is 1. The third-order valence-electron chi connectivity index (χ3n) is 4.83. The smallest absolute Gasteiger partial charge is 0.224 e.